The van der Waals surface area contributed by atoms with E-state index in [9.17, 15) is 13.9 Å². The zero-order valence-corrected chi connectivity index (χ0v) is 16.1. The van der Waals surface area contributed by atoms with Crippen molar-refractivity contribution in [1.29, 1.82) is 0 Å². The number of H-pyrrole nitrogens is 1. The second-order valence-corrected chi connectivity index (χ2v) is 10.2. The molecule has 0 saturated carbocycles. The summed E-state index contributed by atoms with van der Waals surface area (Å²) in [4.78, 5) is 15.3. The van der Waals surface area contributed by atoms with Gasteiger partial charge in [0.25, 0.3) is 5.91 Å². The highest BCUT2D eigenvalue weighted by atomic mass is 32.3. The van der Waals surface area contributed by atoms with Crippen molar-refractivity contribution >= 4 is 38.7 Å². The molecule has 1 fully saturated rings. The summed E-state index contributed by atoms with van der Waals surface area (Å²) in [5.41, 5.74) is 11.3. The van der Waals surface area contributed by atoms with Crippen molar-refractivity contribution in [2.45, 2.75) is 25.7 Å². The molecule has 1 aromatic carbocycles. The Morgan fingerprint density at radius 1 is 1.27 bits per heavy atom. The highest BCUT2D eigenvalue weighted by Crippen LogP contribution is 2.49. The van der Waals surface area contributed by atoms with Gasteiger partial charge in [0.15, 0.2) is 0 Å². The minimum absolute atomic E-state index is 0.253. The Kier molecular flexibility index (Phi) is 4.35. The zero-order chi connectivity index (χ0) is 18.5. The predicted octanol–water partition coefficient (Wildman–Crippen LogP) is 4.93. The molecule has 0 spiro atoms. The molecule has 138 valence electrons. The van der Waals surface area contributed by atoms with Crippen LogP contribution in [0, 0.1) is 6.92 Å². The molecule has 3 aromatic rings. The Hall–Kier alpha value is -1.80. The summed E-state index contributed by atoms with van der Waals surface area (Å²) in [6.07, 6.45) is 3.43. The van der Waals surface area contributed by atoms with Crippen LogP contribution in [0.25, 0.3) is 22.0 Å². The molecule has 0 radical (unpaired) electrons. The van der Waals surface area contributed by atoms with E-state index in [0.29, 0.717) is 17.1 Å². The highest BCUT2D eigenvalue weighted by Gasteiger charge is 2.27. The first-order valence-corrected chi connectivity index (χ1v) is 11.4. The van der Waals surface area contributed by atoms with Crippen LogP contribution >= 0.6 is 21.9 Å². The Morgan fingerprint density at radius 3 is 2.62 bits per heavy atom. The van der Waals surface area contributed by atoms with Gasteiger partial charge in [0, 0.05) is 23.1 Å². The lowest BCUT2D eigenvalue weighted by molar-refractivity contribution is 0.100. The van der Waals surface area contributed by atoms with Crippen LogP contribution in [-0.2, 0) is 0 Å². The lowest BCUT2D eigenvalue weighted by Gasteiger charge is -2.39. The summed E-state index contributed by atoms with van der Waals surface area (Å²) >= 11 is 1.64. The zero-order valence-electron chi connectivity index (χ0n) is 14.5. The molecule has 5 nitrogen and oxygen atoms in total. The minimum Gasteiger partial charge on any atom is -0.366 e. The van der Waals surface area contributed by atoms with Gasteiger partial charge in [-0.2, -0.15) is 21.9 Å². The van der Waals surface area contributed by atoms with Gasteiger partial charge in [0.2, 0.25) is 0 Å². The van der Waals surface area contributed by atoms with E-state index in [-0.39, 0.29) is 5.92 Å². The number of nitrogens with one attached hydrogen (secondary N) is 1. The summed E-state index contributed by atoms with van der Waals surface area (Å²) in [5.74, 6) is 0.686. The number of aryl methyl sites for hydroxylation is 1. The average molecular weight is 391 g/mol. The molecule has 4 rings (SSSR count). The van der Waals surface area contributed by atoms with E-state index in [1.54, 1.807) is 11.3 Å². The van der Waals surface area contributed by atoms with E-state index >= 15 is 0 Å². The summed E-state index contributed by atoms with van der Waals surface area (Å²) in [6.45, 7) is 2.06. The molecule has 1 aliphatic rings. The Morgan fingerprint density at radius 2 is 2.00 bits per heavy atom. The number of benzene rings is 1. The standard InChI is InChI=1S/C19H22N2O3S2/c1-11-9-25-10-17(11)13-6-14-16(12-2-4-26(23,24)5-3-12)8-21-18(14)15(7-13)19(20)22/h6-10,12,21,23-24H,2-5H2,1H3,(H2,20,22). The lowest BCUT2D eigenvalue weighted by atomic mass is 9.91. The van der Waals surface area contributed by atoms with Gasteiger partial charge in [0.1, 0.15) is 0 Å². The molecule has 5 N–H and O–H groups in total. The number of carbonyl (C=O) groups excluding carboxylic acids is 1. The van der Waals surface area contributed by atoms with Crippen molar-refractivity contribution in [3.8, 4) is 11.1 Å². The first-order chi connectivity index (χ1) is 12.4. The Balaban J connectivity index is 1.85. The fraction of sp³-hybridized carbons (Fsp3) is 0.316. The van der Waals surface area contributed by atoms with E-state index in [1.807, 2.05) is 12.3 Å². The number of hydrogen-bond acceptors (Lipinski definition) is 4. The normalized spacial score (nSPS) is 18.9. The third kappa shape index (κ3) is 3.05. The molecule has 7 heteroatoms. The van der Waals surface area contributed by atoms with Crippen molar-refractivity contribution in [3.63, 3.8) is 0 Å². The van der Waals surface area contributed by atoms with Crippen molar-refractivity contribution in [2.75, 3.05) is 11.5 Å². The number of aromatic nitrogens is 1. The summed E-state index contributed by atoms with van der Waals surface area (Å²) in [5, 5.41) is 5.18. The fourth-order valence-corrected chi connectivity index (χ4v) is 6.20. The maximum Gasteiger partial charge on any atom is 0.250 e. The molecular weight excluding hydrogens is 368 g/mol. The number of fused-ring (bicyclic) bond motifs is 1. The van der Waals surface area contributed by atoms with Gasteiger partial charge in [-0.25, -0.2) is 0 Å². The van der Waals surface area contributed by atoms with Crippen LogP contribution in [0.4, 0.5) is 0 Å². The number of carbonyl (C=O) groups is 1. The number of aromatic amines is 1. The van der Waals surface area contributed by atoms with Crippen LogP contribution in [0.5, 0.6) is 0 Å². The van der Waals surface area contributed by atoms with Crippen molar-refractivity contribution in [1.82, 2.24) is 4.98 Å². The van der Waals surface area contributed by atoms with E-state index in [2.05, 4.69) is 28.7 Å². The molecule has 0 aliphatic carbocycles. The van der Waals surface area contributed by atoms with Crippen LogP contribution < -0.4 is 5.73 Å². The molecule has 0 atom stereocenters. The van der Waals surface area contributed by atoms with Gasteiger partial charge in [-0.3, -0.25) is 13.9 Å². The number of nitrogens with two attached hydrogens (primary N) is 1. The lowest BCUT2D eigenvalue weighted by Crippen LogP contribution is -2.19. The highest BCUT2D eigenvalue weighted by molar-refractivity contribution is 8.24. The molecule has 1 amide bonds. The second-order valence-electron chi connectivity index (χ2n) is 7.01. The molecule has 26 heavy (non-hydrogen) atoms. The van der Waals surface area contributed by atoms with E-state index in [1.165, 1.54) is 5.56 Å². The second kappa shape index (κ2) is 6.42. The summed E-state index contributed by atoms with van der Waals surface area (Å²) in [6, 6.07) is 3.98. The minimum atomic E-state index is -2.41. The van der Waals surface area contributed by atoms with Crippen molar-refractivity contribution in [3.05, 3.63) is 45.8 Å². The van der Waals surface area contributed by atoms with Gasteiger partial charge in [0.05, 0.1) is 11.1 Å². The quantitative estimate of drug-likeness (QED) is 0.510. The number of rotatable bonds is 3. The van der Waals surface area contributed by atoms with Gasteiger partial charge < -0.3 is 10.7 Å². The van der Waals surface area contributed by atoms with Gasteiger partial charge in [-0.1, -0.05) is 0 Å². The Labute approximate surface area is 157 Å². The van der Waals surface area contributed by atoms with E-state index in [4.69, 9.17) is 5.73 Å². The molecule has 1 saturated heterocycles. The molecule has 3 heterocycles. The largest absolute Gasteiger partial charge is 0.366 e. The van der Waals surface area contributed by atoms with Crippen LogP contribution in [-0.4, -0.2) is 31.5 Å². The summed E-state index contributed by atoms with van der Waals surface area (Å²) in [7, 11) is -2.41. The third-order valence-corrected chi connectivity index (χ3v) is 7.92. The van der Waals surface area contributed by atoms with Crippen molar-refractivity contribution < 1.29 is 13.9 Å². The molecular formula is C19H22N2O3S2. The first-order valence-electron chi connectivity index (χ1n) is 8.57. The molecule has 2 aromatic heterocycles. The van der Waals surface area contributed by atoms with Crippen LogP contribution in [0.2, 0.25) is 0 Å². The number of amides is 1. The van der Waals surface area contributed by atoms with Crippen LogP contribution in [0.1, 0.15) is 40.2 Å². The van der Waals surface area contributed by atoms with Gasteiger partial charge in [-0.15, -0.1) is 0 Å². The number of hydrogen-bond donors (Lipinski definition) is 4. The van der Waals surface area contributed by atoms with Crippen LogP contribution in [0.15, 0.2) is 29.1 Å². The number of primary amides is 1. The maximum absolute atomic E-state index is 12.0. The van der Waals surface area contributed by atoms with Crippen LogP contribution in [0.3, 0.4) is 0 Å². The SMILES string of the molecule is Cc1cscc1-c1cc(C(N)=O)c2[nH]cc(C3CCS(O)(O)CC3)c2c1. The fourth-order valence-electron chi connectivity index (χ4n) is 3.82. The summed E-state index contributed by atoms with van der Waals surface area (Å²) < 4.78 is 19.8. The first kappa shape index (κ1) is 17.6. The molecule has 1 aliphatic heterocycles. The topological polar surface area (TPSA) is 99.3 Å². The molecule has 0 unspecified atom stereocenters. The Bertz CT molecular complexity index is 980. The van der Waals surface area contributed by atoms with Gasteiger partial charge >= 0.3 is 0 Å². The third-order valence-electron chi connectivity index (χ3n) is 5.28. The van der Waals surface area contributed by atoms with E-state index < -0.39 is 16.5 Å². The monoisotopic (exact) mass is 390 g/mol. The average Bonchev–Trinajstić information content (AvgIpc) is 3.20. The van der Waals surface area contributed by atoms with Crippen molar-refractivity contribution in [2.24, 2.45) is 5.73 Å². The van der Waals surface area contributed by atoms with Gasteiger partial charge in [-0.05, 0) is 70.8 Å². The molecule has 0 bridgehead atoms. The van der Waals surface area contributed by atoms with E-state index in [0.717, 1.165) is 40.4 Å². The number of thiophene rings is 1. The predicted molar refractivity (Wildman–Crippen MR) is 109 cm³/mol. The smallest absolute Gasteiger partial charge is 0.250 e. The maximum atomic E-state index is 12.0.